The number of nitrogens with one attached hydrogen (secondary N) is 1. The quantitative estimate of drug-likeness (QED) is 0.788. The molecule has 1 aliphatic rings. The molecule has 0 bridgehead atoms. The van der Waals surface area contributed by atoms with Crippen LogP contribution in [0.4, 0.5) is 0 Å². The molecule has 3 aromatic heterocycles. The number of piperidine rings is 1. The molecule has 3 aromatic rings. The standard InChI is InChI=1S/C15H15N5OS/c21-15(13-7-16-9-22-13)20-5-1-2-11(8-20)12-4-3-10-6-17-19-14(10)18-12/h3-4,6-7,9,11H,1-2,5,8H2,(H,17,18,19)/t11-/m0/s1. The predicted molar refractivity (Wildman–Crippen MR) is 83.9 cm³/mol. The zero-order valence-corrected chi connectivity index (χ0v) is 12.7. The molecule has 1 amide bonds. The van der Waals surface area contributed by atoms with Gasteiger partial charge in [0.1, 0.15) is 4.88 Å². The Labute approximate surface area is 131 Å². The number of carbonyl (C=O) groups excluding carboxylic acids is 1. The molecule has 6 nitrogen and oxygen atoms in total. The molecule has 7 heteroatoms. The molecular weight excluding hydrogens is 298 g/mol. The van der Waals surface area contributed by atoms with Crippen LogP contribution in [0, 0.1) is 0 Å². The van der Waals surface area contributed by atoms with Crippen LogP contribution < -0.4 is 0 Å². The Kier molecular flexibility index (Phi) is 3.34. The van der Waals surface area contributed by atoms with Crippen LogP contribution in [0.2, 0.25) is 0 Å². The Balaban J connectivity index is 1.56. The summed E-state index contributed by atoms with van der Waals surface area (Å²) in [6.45, 7) is 1.52. The van der Waals surface area contributed by atoms with Gasteiger partial charge in [-0.3, -0.25) is 14.9 Å². The first kappa shape index (κ1) is 13.4. The average molecular weight is 313 g/mol. The van der Waals surface area contributed by atoms with Crippen LogP contribution in [0.3, 0.4) is 0 Å². The van der Waals surface area contributed by atoms with Crippen molar-refractivity contribution in [3.8, 4) is 0 Å². The van der Waals surface area contributed by atoms with Gasteiger partial charge in [-0.1, -0.05) is 0 Å². The van der Waals surface area contributed by atoms with E-state index in [1.165, 1.54) is 11.3 Å². The van der Waals surface area contributed by atoms with Crippen LogP contribution in [0.1, 0.15) is 34.1 Å². The Bertz CT molecular complexity index is 797. The van der Waals surface area contributed by atoms with Gasteiger partial charge in [0.15, 0.2) is 5.65 Å². The monoisotopic (exact) mass is 313 g/mol. The maximum atomic E-state index is 12.5. The Hall–Kier alpha value is -2.28. The van der Waals surface area contributed by atoms with Gasteiger partial charge in [-0.15, -0.1) is 11.3 Å². The minimum absolute atomic E-state index is 0.0785. The van der Waals surface area contributed by atoms with E-state index in [-0.39, 0.29) is 11.8 Å². The van der Waals surface area contributed by atoms with E-state index in [0.717, 1.165) is 36.1 Å². The van der Waals surface area contributed by atoms with Crippen molar-refractivity contribution in [2.75, 3.05) is 13.1 Å². The number of fused-ring (bicyclic) bond motifs is 1. The summed E-state index contributed by atoms with van der Waals surface area (Å²) in [5, 5.41) is 7.93. The van der Waals surface area contributed by atoms with Crippen LogP contribution in [-0.2, 0) is 0 Å². The lowest BCUT2D eigenvalue weighted by Crippen LogP contribution is -2.39. The second-order valence-corrected chi connectivity index (χ2v) is 6.39. The molecule has 0 aromatic carbocycles. The summed E-state index contributed by atoms with van der Waals surface area (Å²) in [6.07, 6.45) is 5.47. The summed E-state index contributed by atoms with van der Waals surface area (Å²) in [5.41, 5.74) is 3.53. The first-order valence-corrected chi connectivity index (χ1v) is 8.17. The molecule has 0 spiro atoms. The molecule has 0 radical (unpaired) electrons. The summed E-state index contributed by atoms with van der Waals surface area (Å²) >= 11 is 1.39. The van der Waals surface area contributed by atoms with Gasteiger partial charge in [0.05, 0.1) is 17.9 Å². The van der Waals surface area contributed by atoms with Gasteiger partial charge in [-0.2, -0.15) is 5.10 Å². The summed E-state index contributed by atoms with van der Waals surface area (Å²) < 4.78 is 0. The summed E-state index contributed by atoms with van der Waals surface area (Å²) in [6, 6.07) is 4.08. The number of rotatable bonds is 2. The fourth-order valence-corrected chi connectivity index (χ4v) is 3.54. The normalized spacial score (nSPS) is 18.7. The van der Waals surface area contributed by atoms with E-state index in [1.54, 1.807) is 17.9 Å². The fourth-order valence-electron chi connectivity index (χ4n) is 2.95. The van der Waals surface area contributed by atoms with Gasteiger partial charge in [0.2, 0.25) is 0 Å². The third-order valence-electron chi connectivity index (χ3n) is 4.09. The van der Waals surface area contributed by atoms with Gasteiger partial charge < -0.3 is 4.90 Å². The van der Waals surface area contributed by atoms with Crippen LogP contribution in [0.25, 0.3) is 11.0 Å². The van der Waals surface area contributed by atoms with Gasteiger partial charge in [0, 0.05) is 30.1 Å². The molecule has 4 rings (SSSR count). The lowest BCUT2D eigenvalue weighted by molar-refractivity contribution is 0.0710. The minimum Gasteiger partial charge on any atom is -0.337 e. The van der Waals surface area contributed by atoms with Crippen LogP contribution in [0.5, 0.6) is 0 Å². The van der Waals surface area contributed by atoms with E-state index in [9.17, 15) is 4.79 Å². The minimum atomic E-state index is 0.0785. The van der Waals surface area contributed by atoms with Crippen molar-refractivity contribution in [3.63, 3.8) is 0 Å². The second-order valence-electron chi connectivity index (χ2n) is 5.50. The Morgan fingerprint density at radius 1 is 1.36 bits per heavy atom. The van der Waals surface area contributed by atoms with Crippen molar-refractivity contribution < 1.29 is 4.79 Å². The highest BCUT2D eigenvalue weighted by molar-refractivity contribution is 7.11. The van der Waals surface area contributed by atoms with Crippen LogP contribution in [0.15, 0.2) is 30.0 Å². The lowest BCUT2D eigenvalue weighted by atomic mass is 9.94. The Morgan fingerprint density at radius 2 is 2.32 bits per heavy atom. The summed E-state index contributed by atoms with van der Waals surface area (Å²) in [4.78, 5) is 23.7. The van der Waals surface area contributed by atoms with E-state index in [0.29, 0.717) is 11.4 Å². The third-order valence-corrected chi connectivity index (χ3v) is 4.85. The van der Waals surface area contributed by atoms with Crippen LogP contribution >= 0.6 is 11.3 Å². The van der Waals surface area contributed by atoms with Crippen molar-refractivity contribution >= 4 is 28.3 Å². The lowest BCUT2D eigenvalue weighted by Gasteiger charge is -2.32. The number of pyridine rings is 1. The first-order chi connectivity index (χ1) is 10.8. The van der Waals surface area contributed by atoms with E-state index in [2.05, 4.69) is 20.2 Å². The Morgan fingerprint density at radius 3 is 3.18 bits per heavy atom. The maximum Gasteiger partial charge on any atom is 0.265 e. The number of aromatic nitrogens is 4. The zero-order valence-electron chi connectivity index (χ0n) is 11.9. The van der Waals surface area contributed by atoms with E-state index in [4.69, 9.17) is 0 Å². The summed E-state index contributed by atoms with van der Waals surface area (Å²) in [5.74, 6) is 0.355. The van der Waals surface area contributed by atoms with Crippen molar-refractivity contribution in [3.05, 3.63) is 40.6 Å². The highest BCUT2D eigenvalue weighted by Gasteiger charge is 2.27. The molecule has 1 aliphatic heterocycles. The molecule has 0 saturated carbocycles. The second kappa shape index (κ2) is 5.49. The fraction of sp³-hybridized carbons (Fsp3) is 0.333. The van der Waals surface area contributed by atoms with E-state index in [1.807, 2.05) is 17.0 Å². The SMILES string of the molecule is O=C(c1cncs1)N1CCC[C@H](c2ccc3cn[nH]c3n2)C1. The molecule has 4 heterocycles. The number of carbonyl (C=O) groups is 1. The average Bonchev–Trinajstić information content (AvgIpc) is 3.25. The summed E-state index contributed by atoms with van der Waals surface area (Å²) in [7, 11) is 0. The van der Waals surface area contributed by atoms with Crippen molar-refractivity contribution in [2.45, 2.75) is 18.8 Å². The van der Waals surface area contributed by atoms with Crippen LogP contribution in [-0.4, -0.2) is 44.1 Å². The first-order valence-electron chi connectivity index (χ1n) is 7.29. The molecule has 22 heavy (non-hydrogen) atoms. The largest absolute Gasteiger partial charge is 0.337 e. The highest BCUT2D eigenvalue weighted by Crippen LogP contribution is 2.28. The van der Waals surface area contributed by atoms with Crippen molar-refractivity contribution in [1.82, 2.24) is 25.1 Å². The molecule has 1 atom stereocenters. The third kappa shape index (κ3) is 2.37. The number of likely N-dealkylation sites (tertiary alicyclic amines) is 1. The van der Waals surface area contributed by atoms with Crippen molar-refractivity contribution in [1.29, 1.82) is 0 Å². The highest BCUT2D eigenvalue weighted by atomic mass is 32.1. The maximum absolute atomic E-state index is 12.5. The van der Waals surface area contributed by atoms with Gasteiger partial charge in [0.25, 0.3) is 5.91 Å². The molecule has 112 valence electrons. The topological polar surface area (TPSA) is 74.8 Å². The van der Waals surface area contributed by atoms with Gasteiger partial charge >= 0.3 is 0 Å². The molecule has 1 fully saturated rings. The number of hydrogen-bond donors (Lipinski definition) is 1. The van der Waals surface area contributed by atoms with Gasteiger partial charge in [-0.25, -0.2) is 4.98 Å². The molecular formula is C15H15N5OS. The molecule has 0 aliphatic carbocycles. The number of amides is 1. The smallest absolute Gasteiger partial charge is 0.265 e. The number of thiazole rings is 1. The number of nitrogens with zero attached hydrogens (tertiary/aromatic N) is 4. The predicted octanol–water partition coefficient (Wildman–Crippen LogP) is 2.43. The zero-order chi connectivity index (χ0) is 14.9. The van der Waals surface area contributed by atoms with Gasteiger partial charge in [-0.05, 0) is 25.0 Å². The molecule has 1 saturated heterocycles. The number of H-pyrrole nitrogens is 1. The van der Waals surface area contributed by atoms with E-state index >= 15 is 0 Å². The van der Waals surface area contributed by atoms with Crippen molar-refractivity contribution in [2.24, 2.45) is 0 Å². The molecule has 0 unspecified atom stereocenters. The van der Waals surface area contributed by atoms with E-state index < -0.39 is 0 Å². The number of aromatic amines is 1. The number of hydrogen-bond acceptors (Lipinski definition) is 5. The molecule has 1 N–H and O–H groups in total.